The average molecular weight is 315 g/mol. The quantitative estimate of drug-likeness (QED) is 0.670. The second-order valence-corrected chi connectivity index (χ2v) is 4.53. The minimum absolute atomic E-state index is 0.00843. The smallest absolute Gasteiger partial charge is 0.269 e. The standard InChI is InChI=1S/C8H8N2O3.C8H9NO/c1-6(11)9-7-2-4-8(5-3-7)10(12)13;1-7(10)9-8-5-3-2-4-6-8/h2-5H,1H3,(H,9,11);2-6H,1H3,(H,9,10). The molecule has 2 rings (SSSR count). The van der Waals surface area contributed by atoms with Gasteiger partial charge in [0, 0.05) is 37.4 Å². The summed E-state index contributed by atoms with van der Waals surface area (Å²) >= 11 is 0. The van der Waals surface area contributed by atoms with Crippen molar-refractivity contribution in [1.82, 2.24) is 0 Å². The first-order valence-corrected chi connectivity index (χ1v) is 6.73. The molecule has 0 radical (unpaired) electrons. The number of nitrogens with one attached hydrogen (secondary N) is 2. The number of nitrogens with zero attached hydrogens (tertiary/aromatic N) is 1. The number of non-ortho nitro benzene ring substituents is 1. The van der Waals surface area contributed by atoms with Crippen LogP contribution in [0.1, 0.15) is 13.8 Å². The lowest BCUT2D eigenvalue weighted by Gasteiger charge is -1.99. The van der Waals surface area contributed by atoms with Gasteiger partial charge >= 0.3 is 0 Å². The second-order valence-electron chi connectivity index (χ2n) is 4.53. The zero-order valence-electron chi connectivity index (χ0n) is 12.8. The Morgan fingerprint density at radius 1 is 0.826 bits per heavy atom. The van der Waals surface area contributed by atoms with E-state index >= 15 is 0 Å². The van der Waals surface area contributed by atoms with E-state index in [1.807, 2.05) is 30.3 Å². The van der Waals surface area contributed by atoms with E-state index in [1.54, 1.807) is 0 Å². The maximum atomic E-state index is 10.6. The number of benzene rings is 2. The van der Waals surface area contributed by atoms with Crippen LogP contribution in [0.15, 0.2) is 54.6 Å². The SMILES string of the molecule is CC(=O)Nc1ccc([N+](=O)[O-])cc1.CC(=O)Nc1ccccc1. The Balaban J connectivity index is 0.000000238. The van der Waals surface area contributed by atoms with E-state index < -0.39 is 4.92 Å². The number of carbonyl (C=O) groups is 2. The zero-order chi connectivity index (χ0) is 17.2. The van der Waals surface area contributed by atoms with Crippen molar-refractivity contribution in [2.24, 2.45) is 0 Å². The van der Waals surface area contributed by atoms with Crippen LogP contribution in [-0.4, -0.2) is 16.7 Å². The molecule has 0 fully saturated rings. The van der Waals surface area contributed by atoms with Crippen molar-refractivity contribution in [1.29, 1.82) is 0 Å². The Morgan fingerprint density at radius 3 is 1.65 bits per heavy atom. The molecule has 0 aliphatic rings. The number of anilines is 2. The van der Waals surface area contributed by atoms with Gasteiger partial charge in [0.15, 0.2) is 0 Å². The van der Waals surface area contributed by atoms with Crippen LogP contribution in [0.5, 0.6) is 0 Å². The van der Waals surface area contributed by atoms with E-state index in [2.05, 4.69) is 10.6 Å². The summed E-state index contributed by atoms with van der Waals surface area (Å²) < 4.78 is 0. The van der Waals surface area contributed by atoms with Gasteiger partial charge in [-0.05, 0) is 24.3 Å². The molecule has 2 aromatic carbocycles. The highest BCUT2D eigenvalue weighted by atomic mass is 16.6. The van der Waals surface area contributed by atoms with Gasteiger partial charge in [0.05, 0.1) is 4.92 Å². The molecule has 23 heavy (non-hydrogen) atoms. The maximum absolute atomic E-state index is 10.6. The zero-order valence-corrected chi connectivity index (χ0v) is 12.8. The summed E-state index contributed by atoms with van der Waals surface area (Å²) in [6.07, 6.45) is 0. The van der Waals surface area contributed by atoms with Crippen molar-refractivity contribution in [2.75, 3.05) is 10.6 Å². The number of hydrogen-bond acceptors (Lipinski definition) is 4. The van der Waals surface area contributed by atoms with E-state index in [-0.39, 0.29) is 17.5 Å². The summed E-state index contributed by atoms with van der Waals surface area (Å²) in [7, 11) is 0. The van der Waals surface area contributed by atoms with Crippen molar-refractivity contribution in [3.8, 4) is 0 Å². The van der Waals surface area contributed by atoms with Crippen LogP contribution in [0, 0.1) is 10.1 Å². The van der Waals surface area contributed by atoms with Gasteiger partial charge < -0.3 is 10.6 Å². The largest absolute Gasteiger partial charge is 0.326 e. The van der Waals surface area contributed by atoms with Gasteiger partial charge in [-0.3, -0.25) is 19.7 Å². The number of hydrogen-bond donors (Lipinski definition) is 2. The van der Waals surface area contributed by atoms with Gasteiger partial charge in [-0.15, -0.1) is 0 Å². The highest BCUT2D eigenvalue weighted by molar-refractivity contribution is 5.89. The van der Waals surface area contributed by atoms with Crippen LogP contribution in [-0.2, 0) is 9.59 Å². The van der Waals surface area contributed by atoms with Crippen LogP contribution in [0.2, 0.25) is 0 Å². The van der Waals surface area contributed by atoms with Crippen LogP contribution in [0.4, 0.5) is 17.1 Å². The molecule has 0 atom stereocenters. The molecule has 2 amide bonds. The molecule has 0 heterocycles. The molecule has 7 heteroatoms. The minimum Gasteiger partial charge on any atom is -0.326 e. The van der Waals surface area contributed by atoms with Crippen molar-refractivity contribution in [2.45, 2.75) is 13.8 Å². The fourth-order valence-corrected chi connectivity index (χ4v) is 1.59. The van der Waals surface area contributed by atoms with E-state index in [0.29, 0.717) is 5.69 Å². The first-order chi connectivity index (χ1) is 10.9. The van der Waals surface area contributed by atoms with Crippen molar-refractivity contribution in [3.05, 3.63) is 64.7 Å². The number of nitro groups is 1. The number of rotatable bonds is 3. The Labute approximate surface area is 133 Å². The molecule has 0 spiro atoms. The lowest BCUT2D eigenvalue weighted by Crippen LogP contribution is -2.05. The van der Waals surface area contributed by atoms with Gasteiger partial charge in [-0.1, -0.05) is 18.2 Å². The first-order valence-electron chi connectivity index (χ1n) is 6.73. The normalized spacial score (nSPS) is 9.13. The third kappa shape index (κ3) is 7.37. The molecular weight excluding hydrogens is 298 g/mol. The molecule has 2 N–H and O–H groups in total. The summed E-state index contributed by atoms with van der Waals surface area (Å²) in [5.74, 6) is -0.236. The fourth-order valence-electron chi connectivity index (χ4n) is 1.59. The summed E-state index contributed by atoms with van der Waals surface area (Å²) in [4.78, 5) is 30.9. The molecule has 120 valence electrons. The topological polar surface area (TPSA) is 101 Å². The molecule has 0 saturated heterocycles. The van der Waals surface area contributed by atoms with Crippen molar-refractivity contribution in [3.63, 3.8) is 0 Å². The summed E-state index contributed by atoms with van der Waals surface area (Å²) in [5, 5.41) is 15.4. The highest BCUT2D eigenvalue weighted by Gasteiger charge is 2.03. The third-order valence-electron chi connectivity index (χ3n) is 2.49. The van der Waals surface area contributed by atoms with Crippen LogP contribution in [0.3, 0.4) is 0 Å². The van der Waals surface area contributed by atoms with Gasteiger partial charge in [-0.25, -0.2) is 0 Å². The van der Waals surface area contributed by atoms with Crippen LogP contribution >= 0.6 is 0 Å². The van der Waals surface area contributed by atoms with Crippen LogP contribution in [0.25, 0.3) is 0 Å². The molecule has 0 aliphatic carbocycles. The second kappa shape index (κ2) is 8.93. The maximum Gasteiger partial charge on any atom is 0.269 e. The first kappa shape index (κ1) is 17.8. The number of nitro benzene ring substituents is 1. The Bertz CT molecular complexity index is 669. The predicted octanol–water partition coefficient (Wildman–Crippen LogP) is 3.20. The highest BCUT2D eigenvalue weighted by Crippen LogP contribution is 2.14. The molecular formula is C16H17N3O4. The van der Waals surface area contributed by atoms with Crippen molar-refractivity contribution >= 4 is 28.9 Å². The Morgan fingerprint density at radius 2 is 1.26 bits per heavy atom. The van der Waals surface area contributed by atoms with E-state index in [1.165, 1.54) is 38.1 Å². The fraction of sp³-hybridized carbons (Fsp3) is 0.125. The van der Waals surface area contributed by atoms with Gasteiger partial charge in [0.2, 0.25) is 11.8 Å². The summed E-state index contributed by atoms with van der Waals surface area (Å²) in [6, 6.07) is 15.0. The molecule has 0 saturated carbocycles. The molecule has 2 aromatic rings. The van der Waals surface area contributed by atoms with E-state index in [4.69, 9.17) is 0 Å². The number of carbonyl (C=O) groups excluding carboxylic acids is 2. The number of para-hydroxylation sites is 1. The molecule has 0 unspecified atom stereocenters. The van der Waals surface area contributed by atoms with Crippen LogP contribution < -0.4 is 10.6 Å². The molecule has 0 bridgehead atoms. The van der Waals surface area contributed by atoms with E-state index in [9.17, 15) is 19.7 Å². The van der Waals surface area contributed by atoms with Gasteiger partial charge in [0.25, 0.3) is 5.69 Å². The van der Waals surface area contributed by atoms with E-state index in [0.717, 1.165) is 5.69 Å². The summed E-state index contributed by atoms with van der Waals surface area (Å²) in [6.45, 7) is 2.87. The lowest BCUT2D eigenvalue weighted by molar-refractivity contribution is -0.384. The third-order valence-corrected chi connectivity index (χ3v) is 2.49. The number of amides is 2. The Hall–Kier alpha value is -3.22. The van der Waals surface area contributed by atoms with Gasteiger partial charge in [0.1, 0.15) is 0 Å². The Kier molecular flexibility index (Phi) is 6.93. The molecule has 0 aliphatic heterocycles. The monoisotopic (exact) mass is 315 g/mol. The minimum atomic E-state index is -0.489. The average Bonchev–Trinajstić information content (AvgIpc) is 2.48. The predicted molar refractivity (Wildman–Crippen MR) is 88.1 cm³/mol. The van der Waals surface area contributed by atoms with Gasteiger partial charge in [-0.2, -0.15) is 0 Å². The molecule has 0 aromatic heterocycles. The lowest BCUT2D eigenvalue weighted by atomic mass is 10.3. The van der Waals surface area contributed by atoms with Crippen molar-refractivity contribution < 1.29 is 14.5 Å². The summed E-state index contributed by atoms with van der Waals surface area (Å²) in [5.41, 5.74) is 1.40. The molecule has 7 nitrogen and oxygen atoms in total.